The Hall–Kier alpha value is -2.56. The van der Waals surface area contributed by atoms with Crippen molar-refractivity contribution in [2.24, 2.45) is 0 Å². The number of aromatic nitrogens is 3. The summed E-state index contributed by atoms with van der Waals surface area (Å²) >= 11 is 0. The zero-order chi connectivity index (χ0) is 14.4. The molecule has 5 heteroatoms. The van der Waals surface area contributed by atoms with Gasteiger partial charge in [-0.3, -0.25) is 19.8 Å². The van der Waals surface area contributed by atoms with Crippen LogP contribution in [0.5, 0.6) is 0 Å². The van der Waals surface area contributed by atoms with Crippen LogP contribution in [0, 0.1) is 20.8 Å². The number of hydrogen-bond acceptors (Lipinski definition) is 2. The number of hydrogen-bond donors (Lipinski definition) is 2. The number of fused-ring (bicyclic) bond motifs is 1. The first-order valence-electron chi connectivity index (χ1n) is 6.39. The monoisotopic (exact) mass is 269 g/mol. The molecule has 0 saturated carbocycles. The molecular weight excluding hydrogens is 254 g/mol. The molecule has 0 amide bonds. The van der Waals surface area contributed by atoms with E-state index in [2.05, 4.69) is 22.3 Å². The second-order valence-corrected chi connectivity index (χ2v) is 5.10. The minimum absolute atomic E-state index is 0.291. The van der Waals surface area contributed by atoms with Crippen LogP contribution in [0.4, 0.5) is 0 Å². The van der Waals surface area contributed by atoms with E-state index in [1.54, 1.807) is 16.8 Å². The summed E-state index contributed by atoms with van der Waals surface area (Å²) in [5.41, 5.74) is 4.04. The highest BCUT2D eigenvalue weighted by atomic mass is 16.1. The topological polar surface area (TPSA) is 70.7 Å². The van der Waals surface area contributed by atoms with Crippen molar-refractivity contribution in [2.75, 3.05) is 0 Å². The summed E-state index contributed by atoms with van der Waals surface area (Å²) in [7, 11) is 0. The average molecular weight is 269 g/mol. The summed E-state index contributed by atoms with van der Waals surface area (Å²) in [4.78, 5) is 23.8. The molecule has 0 atom stereocenters. The lowest BCUT2D eigenvalue weighted by Gasteiger charge is -2.13. The molecule has 0 radical (unpaired) electrons. The van der Waals surface area contributed by atoms with Crippen molar-refractivity contribution >= 4 is 10.9 Å². The third-order valence-corrected chi connectivity index (χ3v) is 3.51. The first-order valence-corrected chi connectivity index (χ1v) is 6.39. The molecule has 2 N–H and O–H groups in total. The van der Waals surface area contributed by atoms with Gasteiger partial charge < -0.3 is 4.57 Å². The van der Waals surface area contributed by atoms with Crippen molar-refractivity contribution in [2.45, 2.75) is 20.8 Å². The third-order valence-electron chi connectivity index (χ3n) is 3.51. The van der Waals surface area contributed by atoms with Crippen LogP contribution in [0.2, 0.25) is 0 Å². The van der Waals surface area contributed by atoms with Crippen molar-refractivity contribution in [3.8, 4) is 5.69 Å². The fourth-order valence-electron chi connectivity index (χ4n) is 2.83. The molecule has 0 bridgehead atoms. The Morgan fingerprint density at radius 3 is 2.20 bits per heavy atom. The normalized spacial score (nSPS) is 11.2. The smallest absolute Gasteiger partial charge is 0.287 e. The third kappa shape index (κ3) is 1.71. The predicted molar refractivity (Wildman–Crippen MR) is 78.7 cm³/mol. The molecule has 3 rings (SSSR count). The van der Waals surface area contributed by atoms with E-state index in [9.17, 15) is 9.59 Å². The Kier molecular flexibility index (Phi) is 2.64. The molecule has 0 spiro atoms. The van der Waals surface area contributed by atoms with Gasteiger partial charge in [0.05, 0.1) is 11.1 Å². The molecule has 0 unspecified atom stereocenters. The first-order chi connectivity index (χ1) is 9.49. The summed E-state index contributed by atoms with van der Waals surface area (Å²) in [5.74, 6) is 0. The molecule has 0 saturated heterocycles. The predicted octanol–water partition coefficient (Wildman–Crippen LogP) is 1.93. The van der Waals surface area contributed by atoms with E-state index in [1.807, 2.05) is 20.8 Å². The van der Waals surface area contributed by atoms with Gasteiger partial charge in [-0.2, -0.15) is 0 Å². The lowest BCUT2D eigenvalue weighted by atomic mass is 10.0. The molecule has 20 heavy (non-hydrogen) atoms. The highest BCUT2D eigenvalue weighted by Crippen LogP contribution is 2.23. The average Bonchev–Trinajstić information content (AvgIpc) is 2.78. The van der Waals surface area contributed by atoms with Crippen LogP contribution in [0.1, 0.15) is 16.7 Å². The molecule has 0 aliphatic carbocycles. The quantitative estimate of drug-likeness (QED) is 0.708. The standard InChI is InChI=1S/C15H15N3O2/c1-8-6-9(2)12(10(3)7-8)18-5-4-11-13(18)15(20)17-16-14(11)19/h4-7H,1-3H3,(H,16,19)(H,17,20). The SMILES string of the molecule is Cc1cc(C)c(-n2ccc3c(=O)[nH][nH]c(=O)c32)c(C)c1. The number of aromatic amines is 2. The van der Waals surface area contributed by atoms with Crippen molar-refractivity contribution in [3.05, 3.63) is 61.8 Å². The Morgan fingerprint density at radius 1 is 0.950 bits per heavy atom. The molecule has 2 aromatic heterocycles. The highest BCUT2D eigenvalue weighted by Gasteiger charge is 2.13. The largest absolute Gasteiger partial charge is 0.311 e. The van der Waals surface area contributed by atoms with Gasteiger partial charge in [-0.15, -0.1) is 0 Å². The highest BCUT2D eigenvalue weighted by molar-refractivity contribution is 5.80. The first kappa shape index (κ1) is 12.5. The maximum Gasteiger partial charge on any atom is 0.287 e. The molecule has 0 fully saturated rings. The Bertz CT molecular complexity index is 905. The number of rotatable bonds is 1. The Balaban J connectivity index is 2.46. The lowest BCUT2D eigenvalue weighted by Crippen LogP contribution is -2.20. The molecule has 1 aromatic carbocycles. The van der Waals surface area contributed by atoms with E-state index in [1.165, 1.54) is 5.56 Å². The van der Waals surface area contributed by atoms with Gasteiger partial charge in [0, 0.05) is 6.20 Å². The summed E-state index contributed by atoms with van der Waals surface area (Å²) in [6.07, 6.45) is 1.76. The van der Waals surface area contributed by atoms with Crippen LogP contribution in [0.3, 0.4) is 0 Å². The van der Waals surface area contributed by atoms with E-state index in [-0.39, 0.29) is 11.1 Å². The van der Waals surface area contributed by atoms with Crippen LogP contribution in [0.25, 0.3) is 16.6 Å². The molecule has 0 aliphatic heterocycles. The molecule has 102 valence electrons. The number of nitrogens with one attached hydrogen (secondary N) is 2. The molecule has 0 aliphatic rings. The zero-order valence-electron chi connectivity index (χ0n) is 11.6. The summed E-state index contributed by atoms with van der Waals surface area (Å²) in [5, 5.41) is 5.11. The molecule has 5 nitrogen and oxygen atoms in total. The molecule has 3 aromatic rings. The van der Waals surface area contributed by atoms with Crippen LogP contribution in [-0.4, -0.2) is 14.8 Å². The van der Waals surface area contributed by atoms with Gasteiger partial charge >= 0.3 is 0 Å². The minimum Gasteiger partial charge on any atom is -0.311 e. The minimum atomic E-state index is -0.302. The van der Waals surface area contributed by atoms with Gasteiger partial charge in [0.2, 0.25) is 0 Å². The van der Waals surface area contributed by atoms with Crippen molar-refractivity contribution in [1.82, 2.24) is 14.8 Å². The van der Waals surface area contributed by atoms with E-state index < -0.39 is 0 Å². The maximum atomic E-state index is 12.0. The number of aryl methyl sites for hydroxylation is 3. The maximum absolute atomic E-state index is 12.0. The van der Waals surface area contributed by atoms with Crippen molar-refractivity contribution < 1.29 is 0 Å². The number of H-pyrrole nitrogens is 2. The van der Waals surface area contributed by atoms with Gasteiger partial charge in [0.25, 0.3) is 11.1 Å². The van der Waals surface area contributed by atoms with Crippen molar-refractivity contribution in [3.63, 3.8) is 0 Å². The van der Waals surface area contributed by atoms with Gasteiger partial charge in [0.1, 0.15) is 5.52 Å². The summed E-state index contributed by atoms with van der Waals surface area (Å²) < 4.78 is 1.79. The Morgan fingerprint density at radius 2 is 1.55 bits per heavy atom. The van der Waals surface area contributed by atoms with Crippen molar-refractivity contribution in [1.29, 1.82) is 0 Å². The molecular formula is C15H15N3O2. The van der Waals surface area contributed by atoms with Gasteiger partial charge in [0.15, 0.2) is 0 Å². The molecule has 2 heterocycles. The fourth-order valence-corrected chi connectivity index (χ4v) is 2.83. The van der Waals surface area contributed by atoms with Crippen LogP contribution >= 0.6 is 0 Å². The summed E-state index contributed by atoms with van der Waals surface area (Å²) in [6.45, 7) is 6.04. The summed E-state index contributed by atoms with van der Waals surface area (Å²) in [6, 6.07) is 5.80. The number of benzene rings is 1. The van der Waals surface area contributed by atoms with E-state index >= 15 is 0 Å². The number of nitrogens with zero attached hydrogens (tertiary/aromatic N) is 1. The second kappa shape index (κ2) is 4.23. The second-order valence-electron chi connectivity index (χ2n) is 5.10. The van der Waals surface area contributed by atoms with Gasteiger partial charge in [-0.1, -0.05) is 17.7 Å². The van der Waals surface area contributed by atoms with Gasteiger partial charge in [-0.25, -0.2) is 0 Å². The Labute approximate surface area is 114 Å². The fraction of sp³-hybridized carbons (Fsp3) is 0.200. The van der Waals surface area contributed by atoms with Crippen LogP contribution < -0.4 is 11.1 Å². The van der Waals surface area contributed by atoms with Crippen LogP contribution in [0.15, 0.2) is 34.0 Å². The zero-order valence-corrected chi connectivity index (χ0v) is 11.6. The van der Waals surface area contributed by atoms with Crippen LogP contribution in [-0.2, 0) is 0 Å². The lowest BCUT2D eigenvalue weighted by molar-refractivity contribution is 0.959. The van der Waals surface area contributed by atoms with E-state index in [0.29, 0.717) is 10.9 Å². The van der Waals surface area contributed by atoms with E-state index in [4.69, 9.17) is 0 Å². The van der Waals surface area contributed by atoms with Gasteiger partial charge in [-0.05, 0) is 38.0 Å². The van der Waals surface area contributed by atoms with E-state index in [0.717, 1.165) is 16.8 Å².